The van der Waals surface area contributed by atoms with Crippen LogP contribution in [-0.4, -0.2) is 22.9 Å². The van der Waals surface area contributed by atoms with Gasteiger partial charge in [0.1, 0.15) is 0 Å². The molecule has 1 aromatic carbocycles. The van der Waals surface area contributed by atoms with Crippen LogP contribution in [0.3, 0.4) is 0 Å². The number of benzene rings is 1. The first kappa shape index (κ1) is 13.5. The topological polar surface area (TPSA) is 20.3 Å². The molecule has 92 valence electrons. The van der Waals surface area contributed by atoms with E-state index in [1.54, 1.807) is 6.08 Å². The number of amides is 1. The summed E-state index contributed by atoms with van der Waals surface area (Å²) in [5, 5.41) is 0. The van der Waals surface area contributed by atoms with Gasteiger partial charge in [0.15, 0.2) is 0 Å². The molecule has 1 amide bonds. The lowest BCUT2D eigenvalue weighted by atomic mass is 10.1. The molecule has 0 unspecified atom stereocenters. The van der Waals surface area contributed by atoms with Gasteiger partial charge >= 0.3 is 0 Å². The quantitative estimate of drug-likeness (QED) is 0.775. The van der Waals surface area contributed by atoms with Crippen LogP contribution in [0.15, 0.2) is 30.8 Å². The number of carbonyl (C=O) groups excluding carboxylic acids is 1. The van der Waals surface area contributed by atoms with Crippen LogP contribution in [0.1, 0.15) is 43.6 Å². The molecule has 0 saturated heterocycles. The van der Waals surface area contributed by atoms with Crippen molar-refractivity contribution in [2.45, 2.75) is 39.8 Å². The Morgan fingerprint density at radius 2 is 1.59 bits per heavy atom. The van der Waals surface area contributed by atoms with E-state index in [0.717, 1.165) is 11.1 Å². The Morgan fingerprint density at radius 3 is 1.94 bits per heavy atom. The first-order valence-corrected chi connectivity index (χ1v) is 6.02. The second-order valence-electron chi connectivity index (χ2n) is 4.73. The number of nitrogens with zero attached hydrogens (tertiary/aromatic N) is 1. The molecule has 0 aliphatic carbocycles. The number of carbonyl (C=O) groups is 1. The van der Waals surface area contributed by atoms with Crippen LogP contribution in [0.2, 0.25) is 0 Å². The van der Waals surface area contributed by atoms with Gasteiger partial charge in [0.25, 0.3) is 5.91 Å². The van der Waals surface area contributed by atoms with Crippen LogP contribution in [0.5, 0.6) is 0 Å². The van der Waals surface area contributed by atoms with Crippen LogP contribution in [-0.2, 0) is 0 Å². The van der Waals surface area contributed by atoms with E-state index in [-0.39, 0.29) is 18.0 Å². The zero-order valence-corrected chi connectivity index (χ0v) is 11.1. The largest absolute Gasteiger partial charge is 0.334 e. The van der Waals surface area contributed by atoms with Crippen molar-refractivity contribution >= 4 is 12.0 Å². The molecule has 0 aliphatic rings. The Kier molecular flexibility index (Phi) is 4.50. The van der Waals surface area contributed by atoms with Crippen molar-refractivity contribution < 1.29 is 4.79 Å². The summed E-state index contributed by atoms with van der Waals surface area (Å²) < 4.78 is 0. The molecular formula is C15H21NO. The highest BCUT2D eigenvalue weighted by molar-refractivity contribution is 5.94. The van der Waals surface area contributed by atoms with E-state index in [1.165, 1.54) is 0 Å². The number of hydrogen-bond acceptors (Lipinski definition) is 1. The highest BCUT2D eigenvalue weighted by Gasteiger charge is 2.21. The van der Waals surface area contributed by atoms with Gasteiger partial charge < -0.3 is 4.90 Å². The summed E-state index contributed by atoms with van der Waals surface area (Å²) in [5.41, 5.74) is 1.76. The third kappa shape index (κ3) is 3.19. The van der Waals surface area contributed by atoms with Crippen LogP contribution in [0.25, 0.3) is 6.08 Å². The second kappa shape index (κ2) is 5.67. The summed E-state index contributed by atoms with van der Waals surface area (Å²) in [6.07, 6.45) is 1.77. The molecule has 0 N–H and O–H groups in total. The maximum Gasteiger partial charge on any atom is 0.254 e. The maximum absolute atomic E-state index is 12.3. The Balaban J connectivity index is 2.97. The smallest absolute Gasteiger partial charge is 0.254 e. The van der Waals surface area contributed by atoms with Gasteiger partial charge in [-0.25, -0.2) is 0 Å². The lowest BCUT2D eigenvalue weighted by Crippen LogP contribution is -2.42. The average molecular weight is 231 g/mol. The minimum absolute atomic E-state index is 0.0885. The van der Waals surface area contributed by atoms with Gasteiger partial charge in [0.05, 0.1) is 0 Å². The van der Waals surface area contributed by atoms with Gasteiger partial charge in [0, 0.05) is 17.6 Å². The molecule has 0 aromatic heterocycles. The fourth-order valence-electron chi connectivity index (χ4n) is 1.98. The predicted octanol–water partition coefficient (Wildman–Crippen LogP) is 3.59. The predicted molar refractivity (Wildman–Crippen MR) is 73.0 cm³/mol. The van der Waals surface area contributed by atoms with E-state index in [4.69, 9.17) is 0 Å². The normalized spacial score (nSPS) is 10.7. The summed E-state index contributed by atoms with van der Waals surface area (Å²) in [7, 11) is 0. The third-order valence-corrected chi connectivity index (χ3v) is 2.74. The highest BCUT2D eigenvalue weighted by Crippen LogP contribution is 2.13. The van der Waals surface area contributed by atoms with Crippen molar-refractivity contribution in [1.82, 2.24) is 4.90 Å². The zero-order valence-electron chi connectivity index (χ0n) is 11.1. The molecule has 1 aromatic rings. The molecule has 0 atom stereocenters. The Bertz CT molecular complexity index is 382. The van der Waals surface area contributed by atoms with E-state index in [9.17, 15) is 4.79 Å². The molecule has 2 heteroatoms. The lowest BCUT2D eigenvalue weighted by Gasteiger charge is -2.30. The standard InChI is InChI=1S/C15H21NO/c1-6-13-7-9-14(10-8-13)15(17)16(11(2)3)12(4)5/h6-12H,1H2,2-5H3. The lowest BCUT2D eigenvalue weighted by molar-refractivity contribution is 0.0644. The monoisotopic (exact) mass is 231 g/mol. The summed E-state index contributed by atoms with van der Waals surface area (Å²) in [5.74, 6) is 0.0885. The fraction of sp³-hybridized carbons (Fsp3) is 0.400. The molecule has 17 heavy (non-hydrogen) atoms. The van der Waals surface area contributed by atoms with E-state index in [2.05, 4.69) is 6.58 Å². The highest BCUT2D eigenvalue weighted by atomic mass is 16.2. The van der Waals surface area contributed by atoms with Gasteiger partial charge in [-0.05, 0) is 45.4 Å². The molecular weight excluding hydrogens is 210 g/mol. The van der Waals surface area contributed by atoms with Crippen molar-refractivity contribution in [3.63, 3.8) is 0 Å². The van der Waals surface area contributed by atoms with Crippen molar-refractivity contribution in [3.05, 3.63) is 42.0 Å². The van der Waals surface area contributed by atoms with E-state index >= 15 is 0 Å². The zero-order chi connectivity index (χ0) is 13.0. The fourth-order valence-corrected chi connectivity index (χ4v) is 1.98. The van der Waals surface area contributed by atoms with Crippen molar-refractivity contribution in [1.29, 1.82) is 0 Å². The minimum atomic E-state index is 0.0885. The van der Waals surface area contributed by atoms with Gasteiger partial charge in [-0.2, -0.15) is 0 Å². The Hall–Kier alpha value is -1.57. The molecule has 0 saturated carbocycles. The van der Waals surface area contributed by atoms with Crippen molar-refractivity contribution in [2.75, 3.05) is 0 Å². The number of hydrogen-bond donors (Lipinski definition) is 0. The molecule has 0 heterocycles. The Morgan fingerprint density at radius 1 is 1.12 bits per heavy atom. The molecule has 0 fully saturated rings. The van der Waals surface area contributed by atoms with Crippen LogP contribution in [0, 0.1) is 0 Å². The van der Waals surface area contributed by atoms with Gasteiger partial charge in [-0.1, -0.05) is 24.8 Å². The van der Waals surface area contributed by atoms with E-state index < -0.39 is 0 Å². The van der Waals surface area contributed by atoms with Crippen LogP contribution >= 0.6 is 0 Å². The SMILES string of the molecule is C=Cc1ccc(C(=O)N(C(C)C)C(C)C)cc1. The summed E-state index contributed by atoms with van der Waals surface area (Å²) in [4.78, 5) is 14.2. The molecule has 0 radical (unpaired) electrons. The first-order chi connectivity index (χ1) is 7.97. The van der Waals surface area contributed by atoms with Gasteiger partial charge in [-0.3, -0.25) is 4.79 Å². The van der Waals surface area contributed by atoms with Crippen LogP contribution in [0.4, 0.5) is 0 Å². The molecule has 1 rings (SSSR count). The van der Waals surface area contributed by atoms with Crippen molar-refractivity contribution in [3.8, 4) is 0 Å². The molecule has 0 spiro atoms. The third-order valence-electron chi connectivity index (χ3n) is 2.74. The van der Waals surface area contributed by atoms with Crippen molar-refractivity contribution in [2.24, 2.45) is 0 Å². The molecule has 0 aliphatic heterocycles. The van der Waals surface area contributed by atoms with Gasteiger partial charge in [-0.15, -0.1) is 0 Å². The van der Waals surface area contributed by atoms with E-state index in [0.29, 0.717) is 0 Å². The summed E-state index contributed by atoms with van der Waals surface area (Å²) >= 11 is 0. The van der Waals surface area contributed by atoms with Crippen LogP contribution < -0.4 is 0 Å². The Labute approximate surface area is 104 Å². The summed E-state index contributed by atoms with van der Waals surface area (Å²) in [6.45, 7) is 11.9. The minimum Gasteiger partial charge on any atom is -0.334 e. The summed E-state index contributed by atoms with van der Waals surface area (Å²) in [6, 6.07) is 7.97. The first-order valence-electron chi connectivity index (χ1n) is 6.02. The number of rotatable bonds is 4. The average Bonchev–Trinajstić information content (AvgIpc) is 2.28. The maximum atomic E-state index is 12.3. The molecule has 0 bridgehead atoms. The molecule has 2 nitrogen and oxygen atoms in total. The van der Waals surface area contributed by atoms with Gasteiger partial charge in [0.2, 0.25) is 0 Å². The second-order valence-corrected chi connectivity index (χ2v) is 4.73. The van der Waals surface area contributed by atoms with E-state index in [1.807, 2.05) is 56.9 Å².